The molecule has 94 valence electrons. The number of alkyl halides is 3. The quantitative estimate of drug-likeness (QED) is 0.694. The molecule has 0 aromatic carbocycles. The number of nitrogens with one attached hydrogen (secondary N) is 2. The Morgan fingerprint density at radius 3 is 2.65 bits per heavy atom. The van der Waals surface area contributed by atoms with E-state index in [9.17, 15) is 22.8 Å². The Labute approximate surface area is 95.0 Å². The molecule has 0 bridgehead atoms. The van der Waals surface area contributed by atoms with Gasteiger partial charge in [-0.05, 0) is 6.42 Å². The molecule has 5 nitrogen and oxygen atoms in total. The summed E-state index contributed by atoms with van der Waals surface area (Å²) >= 11 is 0. The first-order valence-electron chi connectivity index (χ1n) is 4.88. The topological polar surface area (TPSA) is 82.0 Å². The van der Waals surface area contributed by atoms with Crippen LogP contribution in [0.2, 0.25) is 0 Å². The third-order valence-electron chi connectivity index (χ3n) is 2.36. The van der Waals surface area contributed by atoms with Crippen molar-refractivity contribution in [3.63, 3.8) is 0 Å². The van der Waals surface area contributed by atoms with Crippen molar-refractivity contribution in [1.82, 2.24) is 10.6 Å². The molecule has 17 heavy (non-hydrogen) atoms. The average molecular weight is 249 g/mol. The molecule has 2 atom stereocenters. The van der Waals surface area contributed by atoms with Crippen LogP contribution in [0.15, 0.2) is 0 Å². The Morgan fingerprint density at radius 2 is 2.18 bits per heavy atom. The largest absolute Gasteiger partial charge is 0.405 e. The number of halogens is 3. The first-order valence-corrected chi connectivity index (χ1v) is 4.88. The third-order valence-corrected chi connectivity index (χ3v) is 2.36. The van der Waals surface area contributed by atoms with Crippen molar-refractivity contribution in [2.75, 3.05) is 6.54 Å². The Balaban J connectivity index is 2.48. The molecule has 0 saturated carbocycles. The van der Waals surface area contributed by atoms with E-state index in [1.165, 1.54) is 0 Å². The van der Waals surface area contributed by atoms with Crippen LogP contribution in [0.4, 0.5) is 13.2 Å². The minimum absolute atomic E-state index is 0.0760. The van der Waals surface area contributed by atoms with Gasteiger partial charge >= 0.3 is 6.18 Å². The van der Waals surface area contributed by atoms with Gasteiger partial charge in [-0.25, -0.2) is 0 Å². The smallest absolute Gasteiger partial charge is 0.304 e. The summed E-state index contributed by atoms with van der Waals surface area (Å²) in [5, 5.41) is 12.7. The standard InChI is InChI=1S/C9H10F3N3O2/c10-9(11,12)5(3-13)4-14-6-1-2-7(16)15-8(6)17/h5-6,14H,1-2,4H2,(H,15,16,17). The van der Waals surface area contributed by atoms with E-state index in [2.05, 4.69) is 5.32 Å². The van der Waals surface area contributed by atoms with E-state index >= 15 is 0 Å². The number of nitrogens with zero attached hydrogens (tertiary/aromatic N) is 1. The zero-order valence-electron chi connectivity index (χ0n) is 8.67. The van der Waals surface area contributed by atoms with Crippen molar-refractivity contribution < 1.29 is 22.8 Å². The fourth-order valence-corrected chi connectivity index (χ4v) is 1.38. The summed E-state index contributed by atoms with van der Waals surface area (Å²) in [7, 11) is 0. The molecule has 2 amide bonds. The van der Waals surface area contributed by atoms with Gasteiger partial charge in [0, 0.05) is 13.0 Å². The van der Waals surface area contributed by atoms with Crippen LogP contribution in [0.5, 0.6) is 0 Å². The number of hydrogen-bond donors (Lipinski definition) is 2. The van der Waals surface area contributed by atoms with Gasteiger partial charge in [-0.3, -0.25) is 14.9 Å². The van der Waals surface area contributed by atoms with E-state index in [-0.39, 0.29) is 12.8 Å². The summed E-state index contributed by atoms with van der Waals surface area (Å²) in [5.74, 6) is -3.26. The first kappa shape index (κ1) is 13.4. The van der Waals surface area contributed by atoms with Crippen molar-refractivity contribution in [1.29, 1.82) is 5.26 Å². The number of amides is 2. The maximum absolute atomic E-state index is 12.2. The predicted molar refractivity (Wildman–Crippen MR) is 49.3 cm³/mol. The van der Waals surface area contributed by atoms with E-state index in [0.717, 1.165) is 6.07 Å². The highest BCUT2D eigenvalue weighted by atomic mass is 19.4. The molecular formula is C9H10F3N3O2. The average Bonchev–Trinajstić information content (AvgIpc) is 2.19. The molecular weight excluding hydrogens is 239 g/mol. The molecule has 0 aromatic rings. The van der Waals surface area contributed by atoms with E-state index in [1.54, 1.807) is 0 Å². The number of hydrogen-bond acceptors (Lipinski definition) is 4. The Hall–Kier alpha value is -1.62. The van der Waals surface area contributed by atoms with E-state index in [0.29, 0.717) is 0 Å². The van der Waals surface area contributed by atoms with E-state index in [4.69, 9.17) is 5.26 Å². The van der Waals surface area contributed by atoms with Crippen molar-refractivity contribution in [3.8, 4) is 6.07 Å². The lowest BCUT2D eigenvalue weighted by Crippen LogP contribution is -2.52. The molecule has 0 spiro atoms. The van der Waals surface area contributed by atoms with Gasteiger partial charge in [0.15, 0.2) is 5.92 Å². The van der Waals surface area contributed by atoms with Crippen LogP contribution in [0, 0.1) is 17.2 Å². The number of nitriles is 1. The van der Waals surface area contributed by atoms with E-state index < -0.39 is 36.5 Å². The molecule has 0 aromatic heterocycles. The molecule has 1 heterocycles. The van der Waals surface area contributed by atoms with Crippen LogP contribution < -0.4 is 10.6 Å². The first-order chi connectivity index (χ1) is 7.84. The van der Waals surface area contributed by atoms with Crippen LogP contribution in [0.25, 0.3) is 0 Å². The molecule has 8 heteroatoms. The summed E-state index contributed by atoms with van der Waals surface area (Å²) in [6.07, 6.45) is -4.41. The summed E-state index contributed by atoms with van der Waals surface area (Å²) in [4.78, 5) is 22.0. The summed E-state index contributed by atoms with van der Waals surface area (Å²) in [6, 6.07) is 0.263. The molecule has 1 fully saturated rings. The third kappa shape index (κ3) is 3.71. The highest BCUT2D eigenvalue weighted by molar-refractivity contribution is 6.00. The van der Waals surface area contributed by atoms with Crippen molar-refractivity contribution in [3.05, 3.63) is 0 Å². The summed E-state index contributed by atoms with van der Waals surface area (Å²) < 4.78 is 36.6. The number of carbonyl (C=O) groups excluding carboxylic acids is 2. The molecule has 1 rings (SSSR count). The van der Waals surface area contributed by atoms with Crippen molar-refractivity contribution in [2.24, 2.45) is 5.92 Å². The molecule has 1 aliphatic heterocycles. The molecule has 2 unspecified atom stereocenters. The van der Waals surface area contributed by atoms with Gasteiger partial charge in [0.25, 0.3) is 0 Å². The summed E-state index contributed by atoms with van der Waals surface area (Å²) in [6.45, 7) is -0.660. The molecule has 0 radical (unpaired) electrons. The van der Waals surface area contributed by atoms with Gasteiger partial charge in [0.05, 0.1) is 12.1 Å². The molecule has 0 aliphatic carbocycles. The lowest BCUT2D eigenvalue weighted by atomic mass is 10.0. The zero-order valence-corrected chi connectivity index (χ0v) is 8.67. The second kappa shape index (κ2) is 5.14. The number of piperidine rings is 1. The van der Waals surface area contributed by atoms with Gasteiger partial charge < -0.3 is 5.32 Å². The summed E-state index contributed by atoms with van der Waals surface area (Å²) in [5.41, 5.74) is 0. The van der Waals surface area contributed by atoms with Gasteiger partial charge in [0.2, 0.25) is 11.8 Å². The second-order valence-corrected chi connectivity index (χ2v) is 3.64. The van der Waals surface area contributed by atoms with Gasteiger partial charge in [0.1, 0.15) is 0 Å². The van der Waals surface area contributed by atoms with Crippen LogP contribution in [-0.4, -0.2) is 30.6 Å². The van der Waals surface area contributed by atoms with Crippen molar-refractivity contribution >= 4 is 11.8 Å². The highest BCUT2D eigenvalue weighted by Crippen LogP contribution is 2.25. The van der Waals surface area contributed by atoms with Gasteiger partial charge in [-0.15, -0.1) is 0 Å². The Bertz CT molecular complexity index is 361. The van der Waals surface area contributed by atoms with Crippen molar-refractivity contribution in [2.45, 2.75) is 25.1 Å². The highest BCUT2D eigenvalue weighted by Gasteiger charge is 2.40. The maximum atomic E-state index is 12.2. The minimum Gasteiger partial charge on any atom is -0.304 e. The molecule has 2 N–H and O–H groups in total. The lowest BCUT2D eigenvalue weighted by Gasteiger charge is -2.23. The van der Waals surface area contributed by atoms with Crippen LogP contribution in [0.3, 0.4) is 0 Å². The van der Waals surface area contributed by atoms with Crippen LogP contribution in [-0.2, 0) is 9.59 Å². The molecule has 1 aliphatic rings. The SMILES string of the molecule is N#CC(CNC1CCC(=O)NC1=O)C(F)(F)F. The minimum atomic E-state index is -4.62. The monoisotopic (exact) mass is 249 g/mol. The van der Waals surface area contributed by atoms with Gasteiger partial charge in [-0.2, -0.15) is 18.4 Å². The lowest BCUT2D eigenvalue weighted by molar-refractivity contribution is -0.158. The number of imide groups is 1. The van der Waals surface area contributed by atoms with Gasteiger partial charge in [-0.1, -0.05) is 0 Å². The zero-order chi connectivity index (χ0) is 13.1. The predicted octanol–water partition coefficient (Wildman–Crippen LogP) is 0.0833. The number of carbonyl (C=O) groups is 2. The van der Waals surface area contributed by atoms with Crippen LogP contribution in [0.1, 0.15) is 12.8 Å². The maximum Gasteiger partial charge on any atom is 0.405 e. The fourth-order valence-electron chi connectivity index (χ4n) is 1.38. The Morgan fingerprint density at radius 1 is 1.53 bits per heavy atom. The van der Waals surface area contributed by atoms with E-state index in [1.807, 2.05) is 5.32 Å². The normalized spacial score (nSPS) is 22.8. The Kier molecular flexibility index (Phi) is 4.07. The number of rotatable bonds is 3. The second-order valence-electron chi connectivity index (χ2n) is 3.64. The fraction of sp³-hybridized carbons (Fsp3) is 0.667. The molecule has 1 saturated heterocycles. The van der Waals surface area contributed by atoms with Crippen LogP contribution >= 0.6 is 0 Å².